The topological polar surface area (TPSA) is 43.1 Å². The largest absolute Gasteiger partial charge is 0.351 e. The summed E-state index contributed by atoms with van der Waals surface area (Å²) in [5.74, 6) is 0.0623. The molecule has 0 aliphatic heterocycles. The molecule has 0 unspecified atom stereocenters. The zero-order chi connectivity index (χ0) is 10.8. The molecule has 0 bridgehead atoms. The molecular formula is C11H8ClNO2. The van der Waals surface area contributed by atoms with Crippen molar-refractivity contribution in [2.75, 3.05) is 0 Å². The molecule has 2 aromatic rings. The molecule has 76 valence electrons. The molecule has 0 atom stereocenters. The lowest BCUT2D eigenvalue weighted by atomic mass is 10.1. The van der Waals surface area contributed by atoms with Crippen molar-refractivity contribution in [1.82, 2.24) is 5.16 Å². The third kappa shape index (κ3) is 2.07. The summed E-state index contributed by atoms with van der Waals surface area (Å²) in [5.41, 5.74) is 2.67. The van der Waals surface area contributed by atoms with Crippen LogP contribution in [0.25, 0.3) is 11.3 Å². The van der Waals surface area contributed by atoms with Gasteiger partial charge in [-0.1, -0.05) is 35.0 Å². The number of aryl methyl sites for hydroxylation is 1. The number of carbonyl (C=O) groups excluding carboxylic acids is 1. The van der Waals surface area contributed by atoms with Crippen molar-refractivity contribution >= 4 is 16.8 Å². The lowest BCUT2D eigenvalue weighted by Gasteiger charge is -1.94. The molecule has 0 aliphatic rings. The van der Waals surface area contributed by atoms with Crippen LogP contribution in [0, 0.1) is 6.92 Å². The highest BCUT2D eigenvalue weighted by molar-refractivity contribution is 6.67. The predicted octanol–water partition coefficient (Wildman–Crippen LogP) is 3.03. The monoisotopic (exact) mass is 221 g/mol. The molecule has 0 saturated heterocycles. The number of hydrogen-bond acceptors (Lipinski definition) is 3. The lowest BCUT2D eigenvalue weighted by molar-refractivity contribution is 0.104. The van der Waals surface area contributed by atoms with Crippen LogP contribution in [0.1, 0.15) is 16.1 Å². The molecule has 0 fully saturated rings. The number of benzene rings is 1. The molecule has 1 aromatic heterocycles. The third-order valence-electron chi connectivity index (χ3n) is 2.05. The average molecular weight is 222 g/mol. The Bertz CT molecular complexity index is 488. The van der Waals surface area contributed by atoms with Gasteiger partial charge in [0, 0.05) is 11.6 Å². The Morgan fingerprint density at radius 3 is 2.53 bits per heavy atom. The molecule has 1 heterocycles. The lowest BCUT2D eigenvalue weighted by Crippen LogP contribution is -1.81. The van der Waals surface area contributed by atoms with Gasteiger partial charge < -0.3 is 4.52 Å². The van der Waals surface area contributed by atoms with Crippen LogP contribution in [0.15, 0.2) is 34.9 Å². The first kappa shape index (κ1) is 9.93. The summed E-state index contributed by atoms with van der Waals surface area (Å²) < 4.78 is 4.78. The van der Waals surface area contributed by atoms with E-state index < -0.39 is 5.24 Å². The van der Waals surface area contributed by atoms with E-state index in [1.807, 2.05) is 31.2 Å². The Balaban J connectivity index is 2.37. The van der Waals surface area contributed by atoms with Gasteiger partial charge in [0.2, 0.25) is 5.76 Å². The van der Waals surface area contributed by atoms with E-state index in [1.165, 1.54) is 6.07 Å². The molecule has 0 radical (unpaired) electrons. The van der Waals surface area contributed by atoms with Gasteiger partial charge in [0.25, 0.3) is 5.24 Å². The summed E-state index contributed by atoms with van der Waals surface area (Å²) in [5, 5.41) is 3.12. The predicted molar refractivity (Wildman–Crippen MR) is 56.9 cm³/mol. The average Bonchev–Trinajstić information content (AvgIpc) is 2.68. The van der Waals surface area contributed by atoms with E-state index in [9.17, 15) is 4.79 Å². The smallest absolute Gasteiger partial charge is 0.290 e. The van der Waals surface area contributed by atoms with Crippen molar-refractivity contribution in [3.8, 4) is 11.3 Å². The highest BCUT2D eigenvalue weighted by Gasteiger charge is 2.10. The van der Waals surface area contributed by atoms with Crippen molar-refractivity contribution < 1.29 is 9.32 Å². The maximum Gasteiger partial charge on any atom is 0.290 e. The van der Waals surface area contributed by atoms with E-state index in [2.05, 4.69) is 5.16 Å². The van der Waals surface area contributed by atoms with E-state index in [-0.39, 0.29) is 5.76 Å². The SMILES string of the molecule is Cc1ccc(-c2cc(C(=O)Cl)on2)cc1. The first-order valence-electron chi connectivity index (χ1n) is 4.40. The molecular weight excluding hydrogens is 214 g/mol. The van der Waals surface area contributed by atoms with Crippen LogP contribution < -0.4 is 0 Å². The van der Waals surface area contributed by atoms with Crippen LogP contribution in [0.3, 0.4) is 0 Å². The van der Waals surface area contributed by atoms with Gasteiger partial charge in [0.15, 0.2) is 0 Å². The summed E-state index contributed by atoms with van der Waals surface area (Å²) in [7, 11) is 0. The first-order chi connectivity index (χ1) is 7.16. The molecule has 0 saturated carbocycles. The van der Waals surface area contributed by atoms with Crippen molar-refractivity contribution in [2.45, 2.75) is 6.92 Å². The van der Waals surface area contributed by atoms with Crippen LogP contribution in [0.2, 0.25) is 0 Å². The minimum atomic E-state index is -0.638. The highest BCUT2D eigenvalue weighted by atomic mass is 35.5. The van der Waals surface area contributed by atoms with Crippen LogP contribution >= 0.6 is 11.6 Å². The Labute approximate surface area is 91.6 Å². The van der Waals surface area contributed by atoms with Crippen LogP contribution in [-0.2, 0) is 0 Å². The Morgan fingerprint density at radius 1 is 1.33 bits per heavy atom. The fourth-order valence-electron chi connectivity index (χ4n) is 1.23. The van der Waals surface area contributed by atoms with Crippen molar-refractivity contribution in [2.24, 2.45) is 0 Å². The Hall–Kier alpha value is -1.61. The quantitative estimate of drug-likeness (QED) is 0.732. The van der Waals surface area contributed by atoms with Gasteiger partial charge in [-0.15, -0.1) is 0 Å². The fourth-order valence-corrected chi connectivity index (χ4v) is 1.32. The molecule has 3 nitrogen and oxygen atoms in total. The molecule has 0 N–H and O–H groups in total. The zero-order valence-corrected chi connectivity index (χ0v) is 8.78. The van der Waals surface area contributed by atoms with Crippen molar-refractivity contribution in [3.63, 3.8) is 0 Å². The van der Waals surface area contributed by atoms with Gasteiger partial charge in [-0.3, -0.25) is 4.79 Å². The van der Waals surface area contributed by atoms with Gasteiger partial charge in [0.05, 0.1) is 0 Å². The minimum Gasteiger partial charge on any atom is -0.351 e. The number of hydrogen-bond donors (Lipinski definition) is 0. The maximum atomic E-state index is 10.8. The van der Waals surface area contributed by atoms with Crippen LogP contribution in [-0.4, -0.2) is 10.4 Å². The standard InChI is InChI=1S/C11H8ClNO2/c1-7-2-4-8(5-3-7)9-6-10(11(12)14)15-13-9/h2-6H,1H3. The second-order valence-electron chi connectivity index (χ2n) is 3.22. The van der Waals surface area contributed by atoms with E-state index >= 15 is 0 Å². The number of nitrogens with zero attached hydrogens (tertiary/aromatic N) is 1. The van der Waals surface area contributed by atoms with Crippen molar-refractivity contribution in [1.29, 1.82) is 0 Å². The van der Waals surface area contributed by atoms with Gasteiger partial charge >= 0.3 is 0 Å². The summed E-state index contributed by atoms with van der Waals surface area (Å²) >= 11 is 5.26. The summed E-state index contributed by atoms with van der Waals surface area (Å²) in [6.45, 7) is 2.00. The van der Waals surface area contributed by atoms with E-state index in [4.69, 9.17) is 16.1 Å². The normalized spacial score (nSPS) is 10.3. The molecule has 0 spiro atoms. The third-order valence-corrected chi connectivity index (χ3v) is 2.24. The van der Waals surface area contributed by atoms with Crippen molar-refractivity contribution in [3.05, 3.63) is 41.7 Å². The molecule has 0 amide bonds. The molecule has 1 aromatic carbocycles. The molecule has 15 heavy (non-hydrogen) atoms. The maximum absolute atomic E-state index is 10.8. The number of carbonyl (C=O) groups is 1. The highest BCUT2D eigenvalue weighted by Crippen LogP contribution is 2.20. The zero-order valence-electron chi connectivity index (χ0n) is 8.03. The van der Waals surface area contributed by atoms with Crippen LogP contribution in [0.5, 0.6) is 0 Å². The second kappa shape index (κ2) is 3.87. The molecule has 2 rings (SSSR count). The fraction of sp³-hybridized carbons (Fsp3) is 0.0909. The van der Waals surface area contributed by atoms with E-state index in [1.54, 1.807) is 0 Å². The summed E-state index contributed by atoms with van der Waals surface area (Å²) in [6.07, 6.45) is 0. The summed E-state index contributed by atoms with van der Waals surface area (Å²) in [4.78, 5) is 10.8. The van der Waals surface area contributed by atoms with Crippen LogP contribution in [0.4, 0.5) is 0 Å². The molecule has 0 aliphatic carbocycles. The van der Waals surface area contributed by atoms with E-state index in [0.717, 1.165) is 11.1 Å². The summed E-state index contributed by atoms with van der Waals surface area (Å²) in [6, 6.07) is 9.28. The Morgan fingerprint density at radius 2 is 2.00 bits per heavy atom. The van der Waals surface area contributed by atoms with Gasteiger partial charge in [-0.05, 0) is 18.5 Å². The molecule has 4 heteroatoms. The Kier molecular flexibility index (Phi) is 2.56. The van der Waals surface area contributed by atoms with E-state index in [0.29, 0.717) is 5.69 Å². The van der Waals surface area contributed by atoms with Gasteiger partial charge in [0.1, 0.15) is 5.69 Å². The minimum absolute atomic E-state index is 0.0623. The first-order valence-corrected chi connectivity index (χ1v) is 4.78. The second-order valence-corrected chi connectivity index (χ2v) is 3.56. The number of aromatic nitrogens is 1. The number of halogens is 1. The number of rotatable bonds is 2. The van der Waals surface area contributed by atoms with Gasteiger partial charge in [-0.2, -0.15) is 0 Å². The van der Waals surface area contributed by atoms with Gasteiger partial charge in [-0.25, -0.2) is 0 Å².